The predicted octanol–water partition coefficient (Wildman–Crippen LogP) is 1.03. The minimum absolute atomic E-state index is 0.00694. The van der Waals surface area contributed by atoms with Gasteiger partial charge in [0.1, 0.15) is 5.39 Å². The number of nitrogens with zero attached hydrogens (tertiary/aromatic N) is 2. The number of H-pyrrole nitrogens is 1. The molecule has 0 fully saturated rings. The number of nitrogens with two attached hydrogens (primary N) is 1. The molecule has 2 rings (SSSR count). The van der Waals surface area contributed by atoms with Crippen molar-refractivity contribution < 1.29 is 4.39 Å². The largest absolute Gasteiger partial charge is 0.369 e. The second-order valence-corrected chi connectivity index (χ2v) is 3.63. The average Bonchev–Trinajstić information content (AvgIpc) is 2.42. The number of hydrogen-bond donors (Lipinski definition) is 2. The van der Waals surface area contributed by atoms with Crippen molar-refractivity contribution >= 4 is 17.0 Å². The fourth-order valence-corrected chi connectivity index (χ4v) is 1.52. The molecule has 0 saturated carbocycles. The Bertz CT molecular complexity index is 569. The van der Waals surface area contributed by atoms with Crippen LogP contribution in [0.5, 0.6) is 0 Å². The molecule has 0 aliphatic carbocycles. The zero-order valence-corrected chi connectivity index (χ0v) is 8.41. The number of fused-ring (bicyclic) bond motifs is 1. The van der Waals surface area contributed by atoms with E-state index in [1.165, 1.54) is 6.20 Å². The second kappa shape index (κ2) is 3.08. The lowest BCUT2D eigenvalue weighted by Crippen LogP contribution is -2.12. The van der Waals surface area contributed by atoms with Gasteiger partial charge in [-0.2, -0.15) is 4.98 Å². The third-order valence-corrected chi connectivity index (χ3v) is 2.21. The van der Waals surface area contributed by atoms with Gasteiger partial charge in [-0.1, -0.05) is 0 Å². The van der Waals surface area contributed by atoms with Crippen LogP contribution in [0, 0.1) is 5.82 Å². The first-order valence-corrected chi connectivity index (χ1v) is 4.56. The van der Waals surface area contributed by atoms with E-state index in [4.69, 9.17) is 5.73 Å². The number of aromatic amines is 1. The van der Waals surface area contributed by atoms with E-state index in [1.807, 2.05) is 13.8 Å². The summed E-state index contributed by atoms with van der Waals surface area (Å²) in [6.07, 6.45) is 1.26. The molecular formula is C9H11FN4O. The van der Waals surface area contributed by atoms with Crippen molar-refractivity contribution in [3.63, 3.8) is 0 Å². The summed E-state index contributed by atoms with van der Waals surface area (Å²) in [4.78, 5) is 17.6. The first-order chi connectivity index (χ1) is 7.00. The Balaban J connectivity index is 2.93. The van der Waals surface area contributed by atoms with Crippen LogP contribution in [0.15, 0.2) is 11.0 Å². The highest BCUT2D eigenvalue weighted by molar-refractivity contribution is 5.76. The molecule has 3 N–H and O–H groups in total. The van der Waals surface area contributed by atoms with Crippen LogP contribution in [-0.4, -0.2) is 14.5 Å². The Labute approximate surface area is 84.7 Å². The summed E-state index contributed by atoms with van der Waals surface area (Å²) in [5, 5.41) is -0.0436. The third-order valence-electron chi connectivity index (χ3n) is 2.21. The Morgan fingerprint density at radius 1 is 1.60 bits per heavy atom. The van der Waals surface area contributed by atoms with E-state index < -0.39 is 11.4 Å². The lowest BCUT2D eigenvalue weighted by Gasteiger charge is -2.07. The first-order valence-electron chi connectivity index (χ1n) is 4.56. The van der Waals surface area contributed by atoms with Crippen LogP contribution >= 0.6 is 0 Å². The lowest BCUT2D eigenvalue weighted by atomic mass is 10.4. The van der Waals surface area contributed by atoms with Gasteiger partial charge in [0, 0.05) is 12.2 Å². The van der Waals surface area contributed by atoms with E-state index in [2.05, 4.69) is 9.97 Å². The molecule has 0 aliphatic rings. The molecule has 0 unspecified atom stereocenters. The molecular weight excluding hydrogens is 199 g/mol. The molecule has 6 heteroatoms. The predicted molar refractivity (Wildman–Crippen MR) is 55.1 cm³/mol. The van der Waals surface area contributed by atoms with E-state index in [9.17, 15) is 9.18 Å². The molecule has 2 aromatic rings. The quantitative estimate of drug-likeness (QED) is 0.737. The Hall–Kier alpha value is -1.85. The molecule has 80 valence electrons. The van der Waals surface area contributed by atoms with Crippen molar-refractivity contribution in [2.24, 2.45) is 0 Å². The summed E-state index contributed by atoms with van der Waals surface area (Å²) < 4.78 is 15.0. The summed E-state index contributed by atoms with van der Waals surface area (Å²) in [5.41, 5.74) is 5.13. The maximum Gasteiger partial charge on any atom is 0.264 e. The number of anilines is 1. The topological polar surface area (TPSA) is 76.7 Å². The van der Waals surface area contributed by atoms with E-state index in [1.54, 1.807) is 4.57 Å². The van der Waals surface area contributed by atoms with Gasteiger partial charge in [0.15, 0.2) is 11.5 Å². The van der Waals surface area contributed by atoms with E-state index >= 15 is 0 Å². The lowest BCUT2D eigenvalue weighted by molar-refractivity contribution is 0.585. The van der Waals surface area contributed by atoms with Crippen LogP contribution in [0.25, 0.3) is 11.0 Å². The van der Waals surface area contributed by atoms with E-state index in [-0.39, 0.29) is 23.0 Å². The number of nitrogens with one attached hydrogen (secondary N) is 1. The fourth-order valence-electron chi connectivity index (χ4n) is 1.52. The van der Waals surface area contributed by atoms with Gasteiger partial charge in [-0.15, -0.1) is 0 Å². The summed E-state index contributed by atoms with van der Waals surface area (Å²) >= 11 is 0. The van der Waals surface area contributed by atoms with E-state index in [0.717, 1.165) is 0 Å². The van der Waals surface area contributed by atoms with Crippen molar-refractivity contribution in [2.75, 3.05) is 5.73 Å². The van der Waals surface area contributed by atoms with Gasteiger partial charge in [-0.3, -0.25) is 9.78 Å². The number of halogens is 1. The standard InChI is InChI=1S/C9H11FN4O/c1-4(2)14-3-5(10)6-7(14)12-9(11)13-8(6)15/h3-4H,1-2H3,(H3,11,12,13,15). The van der Waals surface area contributed by atoms with Crippen LogP contribution in [0.3, 0.4) is 0 Å². The number of nitrogen functional groups attached to an aromatic ring is 1. The van der Waals surface area contributed by atoms with Crippen molar-refractivity contribution in [2.45, 2.75) is 19.9 Å². The Kier molecular flexibility index (Phi) is 1.99. The van der Waals surface area contributed by atoms with Crippen LogP contribution < -0.4 is 11.3 Å². The summed E-state index contributed by atoms with van der Waals surface area (Å²) in [7, 11) is 0. The van der Waals surface area contributed by atoms with Crippen molar-refractivity contribution in [1.29, 1.82) is 0 Å². The van der Waals surface area contributed by atoms with Gasteiger partial charge in [0.25, 0.3) is 5.56 Å². The molecule has 5 nitrogen and oxygen atoms in total. The minimum Gasteiger partial charge on any atom is -0.369 e. The van der Waals surface area contributed by atoms with Gasteiger partial charge in [0.05, 0.1) is 0 Å². The molecule has 0 saturated heterocycles. The van der Waals surface area contributed by atoms with Gasteiger partial charge in [-0.05, 0) is 13.8 Å². The summed E-state index contributed by atoms with van der Waals surface area (Å²) in [6, 6.07) is 0.0192. The smallest absolute Gasteiger partial charge is 0.264 e. The highest BCUT2D eigenvalue weighted by atomic mass is 19.1. The van der Waals surface area contributed by atoms with Crippen LogP contribution in [0.2, 0.25) is 0 Å². The fraction of sp³-hybridized carbons (Fsp3) is 0.333. The molecule has 0 spiro atoms. The van der Waals surface area contributed by atoms with Crippen molar-refractivity contribution in [1.82, 2.24) is 14.5 Å². The summed E-state index contributed by atoms with van der Waals surface area (Å²) in [6.45, 7) is 3.75. The monoisotopic (exact) mass is 210 g/mol. The zero-order valence-electron chi connectivity index (χ0n) is 8.41. The first kappa shape index (κ1) is 9.70. The molecule has 0 atom stereocenters. The maximum absolute atomic E-state index is 13.4. The molecule has 2 heterocycles. The molecule has 2 aromatic heterocycles. The second-order valence-electron chi connectivity index (χ2n) is 3.63. The number of aromatic nitrogens is 3. The normalized spacial score (nSPS) is 11.5. The molecule has 0 aliphatic heterocycles. The number of rotatable bonds is 1. The number of hydrogen-bond acceptors (Lipinski definition) is 3. The molecule has 15 heavy (non-hydrogen) atoms. The molecule has 0 radical (unpaired) electrons. The SMILES string of the molecule is CC(C)n1cc(F)c2c(=O)[nH]c(N)nc21. The maximum atomic E-state index is 13.4. The van der Waals surface area contributed by atoms with Crippen molar-refractivity contribution in [3.05, 3.63) is 22.4 Å². The highest BCUT2D eigenvalue weighted by Gasteiger charge is 2.15. The van der Waals surface area contributed by atoms with Gasteiger partial charge >= 0.3 is 0 Å². The van der Waals surface area contributed by atoms with Gasteiger partial charge in [0.2, 0.25) is 5.95 Å². The Morgan fingerprint density at radius 2 is 2.27 bits per heavy atom. The third kappa shape index (κ3) is 1.38. The van der Waals surface area contributed by atoms with Crippen LogP contribution in [0.1, 0.15) is 19.9 Å². The van der Waals surface area contributed by atoms with Crippen molar-refractivity contribution in [3.8, 4) is 0 Å². The van der Waals surface area contributed by atoms with E-state index in [0.29, 0.717) is 0 Å². The highest BCUT2D eigenvalue weighted by Crippen LogP contribution is 2.18. The van der Waals surface area contributed by atoms with Gasteiger partial charge < -0.3 is 10.3 Å². The average molecular weight is 210 g/mol. The molecule has 0 bridgehead atoms. The zero-order chi connectivity index (χ0) is 11.2. The molecule has 0 amide bonds. The van der Waals surface area contributed by atoms with Crippen LogP contribution in [0.4, 0.5) is 10.3 Å². The minimum atomic E-state index is -0.576. The van der Waals surface area contributed by atoms with Gasteiger partial charge in [-0.25, -0.2) is 4.39 Å². The molecule has 0 aromatic carbocycles. The Morgan fingerprint density at radius 3 is 2.87 bits per heavy atom. The van der Waals surface area contributed by atoms with Crippen LogP contribution in [-0.2, 0) is 0 Å². The summed E-state index contributed by atoms with van der Waals surface area (Å²) in [5.74, 6) is -0.583.